The summed E-state index contributed by atoms with van der Waals surface area (Å²) in [6.07, 6.45) is 1.33. The van der Waals surface area contributed by atoms with E-state index in [-0.39, 0.29) is 16.4 Å². The van der Waals surface area contributed by atoms with Gasteiger partial charge in [0.1, 0.15) is 5.15 Å². The molecule has 2 rings (SSSR count). The highest BCUT2D eigenvalue weighted by Crippen LogP contribution is 2.20. The predicted molar refractivity (Wildman–Crippen MR) is 67.6 cm³/mol. The highest BCUT2D eigenvalue weighted by molar-refractivity contribution is 6.30. The quantitative estimate of drug-likeness (QED) is 0.813. The number of amides is 1. The van der Waals surface area contributed by atoms with Crippen LogP contribution in [-0.2, 0) is 0 Å². The number of aromatic nitrogens is 2. The van der Waals surface area contributed by atoms with Crippen LogP contribution in [0.25, 0.3) is 0 Å². The molecular formula is C11H11ClN4O2. The van der Waals surface area contributed by atoms with Crippen LogP contribution >= 0.6 is 11.6 Å². The van der Waals surface area contributed by atoms with Crippen molar-refractivity contribution in [1.82, 2.24) is 10.1 Å². The largest absolute Gasteiger partial charge is 0.397 e. The normalized spacial score (nSPS) is 10.4. The SMILES string of the molecule is Cc1noc(NC(=O)c2cc(Cl)ncc2N)c1C. The third kappa shape index (κ3) is 2.28. The average molecular weight is 267 g/mol. The zero-order valence-corrected chi connectivity index (χ0v) is 10.6. The van der Waals surface area contributed by atoms with Gasteiger partial charge in [-0.3, -0.25) is 10.1 Å². The second-order valence-corrected chi connectivity index (χ2v) is 4.16. The lowest BCUT2D eigenvalue weighted by Gasteiger charge is -2.05. The zero-order chi connectivity index (χ0) is 13.3. The molecule has 0 fully saturated rings. The van der Waals surface area contributed by atoms with E-state index < -0.39 is 5.91 Å². The molecule has 18 heavy (non-hydrogen) atoms. The number of nitrogens with zero attached hydrogens (tertiary/aromatic N) is 2. The van der Waals surface area contributed by atoms with Crippen LogP contribution < -0.4 is 11.1 Å². The lowest BCUT2D eigenvalue weighted by atomic mass is 10.2. The Morgan fingerprint density at radius 2 is 2.22 bits per heavy atom. The summed E-state index contributed by atoms with van der Waals surface area (Å²) in [5.74, 6) is -0.124. The van der Waals surface area contributed by atoms with Gasteiger partial charge in [-0.25, -0.2) is 4.98 Å². The zero-order valence-electron chi connectivity index (χ0n) is 9.82. The number of pyridine rings is 1. The van der Waals surface area contributed by atoms with Gasteiger partial charge in [-0.15, -0.1) is 0 Å². The van der Waals surface area contributed by atoms with E-state index in [1.54, 1.807) is 13.8 Å². The molecule has 0 aliphatic carbocycles. The molecule has 2 heterocycles. The summed E-state index contributed by atoms with van der Waals surface area (Å²) in [4.78, 5) is 15.8. The van der Waals surface area contributed by atoms with Crippen LogP contribution in [-0.4, -0.2) is 16.0 Å². The molecule has 3 N–H and O–H groups in total. The van der Waals surface area contributed by atoms with E-state index in [4.69, 9.17) is 21.9 Å². The van der Waals surface area contributed by atoms with Gasteiger partial charge in [-0.1, -0.05) is 16.8 Å². The van der Waals surface area contributed by atoms with Gasteiger partial charge < -0.3 is 10.3 Å². The number of carbonyl (C=O) groups is 1. The highest BCUT2D eigenvalue weighted by atomic mass is 35.5. The number of nitrogen functional groups attached to an aromatic ring is 1. The van der Waals surface area contributed by atoms with Crippen LogP contribution in [0.1, 0.15) is 21.6 Å². The standard InChI is InChI=1S/C11H11ClN4O2/c1-5-6(2)16-18-11(5)15-10(17)7-3-9(12)14-4-8(7)13/h3-4H,13H2,1-2H3,(H,15,17). The molecule has 7 heteroatoms. The Hall–Kier alpha value is -2.08. The molecule has 0 bridgehead atoms. The van der Waals surface area contributed by atoms with Crippen LogP contribution in [0.15, 0.2) is 16.8 Å². The van der Waals surface area contributed by atoms with E-state index in [9.17, 15) is 4.79 Å². The third-order valence-electron chi connectivity index (χ3n) is 2.53. The summed E-state index contributed by atoms with van der Waals surface area (Å²) >= 11 is 5.72. The third-order valence-corrected chi connectivity index (χ3v) is 2.74. The summed E-state index contributed by atoms with van der Waals surface area (Å²) in [6.45, 7) is 3.58. The maximum absolute atomic E-state index is 12.0. The fraction of sp³-hybridized carbons (Fsp3) is 0.182. The van der Waals surface area contributed by atoms with Crippen LogP contribution in [0.4, 0.5) is 11.6 Å². The summed E-state index contributed by atoms with van der Waals surface area (Å²) < 4.78 is 4.99. The predicted octanol–water partition coefficient (Wildman–Crippen LogP) is 2.17. The minimum absolute atomic E-state index is 0.194. The van der Waals surface area contributed by atoms with Gasteiger partial charge in [-0.05, 0) is 19.9 Å². The molecule has 1 amide bonds. The Morgan fingerprint density at radius 3 is 2.83 bits per heavy atom. The van der Waals surface area contributed by atoms with E-state index >= 15 is 0 Å². The topological polar surface area (TPSA) is 94.0 Å². The lowest BCUT2D eigenvalue weighted by Crippen LogP contribution is -2.14. The van der Waals surface area contributed by atoms with Crippen molar-refractivity contribution in [2.24, 2.45) is 0 Å². The van der Waals surface area contributed by atoms with Crippen molar-refractivity contribution in [3.8, 4) is 0 Å². The van der Waals surface area contributed by atoms with Crippen molar-refractivity contribution in [1.29, 1.82) is 0 Å². The van der Waals surface area contributed by atoms with E-state index in [2.05, 4.69) is 15.5 Å². The summed E-state index contributed by atoms with van der Waals surface area (Å²) in [6, 6.07) is 1.39. The van der Waals surface area contributed by atoms with Gasteiger partial charge in [0.05, 0.1) is 23.1 Å². The van der Waals surface area contributed by atoms with E-state index in [0.29, 0.717) is 11.6 Å². The first-order chi connectivity index (χ1) is 8.49. The van der Waals surface area contributed by atoms with Gasteiger partial charge >= 0.3 is 0 Å². The van der Waals surface area contributed by atoms with E-state index in [1.807, 2.05) is 0 Å². The van der Waals surface area contributed by atoms with Crippen LogP contribution in [0.5, 0.6) is 0 Å². The van der Waals surface area contributed by atoms with Crippen LogP contribution in [0.2, 0.25) is 5.15 Å². The van der Waals surface area contributed by atoms with Gasteiger partial charge in [0.25, 0.3) is 5.91 Å². The first kappa shape index (κ1) is 12.4. The number of hydrogen-bond acceptors (Lipinski definition) is 5. The fourth-order valence-corrected chi connectivity index (χ4v) is 1.50. The molecule has 2 aromatic heterocycles. The van der Waals surface area contributed by atoms with Crippen molar-refractivity contribution >= 4 is 29.1 Å². The average Bonchev–Trinajstić information content (AvgIpc) is 2.64. The minimum atomic E-state index is -0.420. The minimum Gasteiger partial charge on any atom is -0.397 e. The molecule has 0 atom stereocenters. The Labute approximate surface area is 108 Å². The van der Waals surface area contributed by atoms with Gasteiger partial charge in [-0.2, -0.15) is 0 Å². The molecule has 2 aromatic rings. The van der Waals surface area contributed by atoms with Crippen LogP contribution in [0, 0.1) is 13.8 Å². The van der Waals surface area contributed by atoms with E-state index in [0.717, 1.165) is 5.56 Å². The molecule has 0 aliphatic rings. The maximum Gasteiger partial charge on any atom is 0.260 e. The second-order valence-electron chi connectivity index (χ2n) is 3.77. The number of aryl methyl sites for hydroxylation is 1. The van der Waals surface area contributed by atoms with Crippen molar-refractivity contribution < 1.29 is 9.32 Å². The molecule has 0 saturated carbocycles. The van der Waals surface area contributed by atoms with Crippen molar-refractivity contribution in [3.05, 3.63) is 34.2 Å². The monoisotopic (exact) mass is 266 g/mol. The van der Waals surface area contributed by atoms with Gasteiger partial charge in [0.15, 0.2) is 0 Å². The first-order valence-electron chi connectivity index (χ1n) is 5.14. The number of anilines is 2. The number of nitrogens with one attached hydrogen (secondary N) is 1. The molecule has 6 nitrogen and oxygen atoms in total. The number of nitrogens with two attached hydrogens (primary N) is 1. The maximum atomic E-state index is 12.0. The van der Waals surface area contributed by atoms with Crippen molar-refractivity contribution in [3.63, 3.8) is 0 Å². The molecular weight excluding hydrogens is 256 g/mol. The Kier molecular flexibility index (Phi) is 3.20. The van der Waals surface area contributed by atoms with Gasteiger partial charge in [0, 0.05) is 5.56 Å². The number of halogens is 1. The molecule has 0 radical (unpaired) electrons. The summed E-state index contributed by atoms with van der Waals surface area (Å²) in [7, 11) is 0. The Bertz CT molecular complexity index is 609. The van der Waals surface area contributed by atoms with Crippen molar-refractivity contribution in [2.45, 2.75) is 13.8 Å². The first-order valence-corrected chi connectivity index (χ1v) is 5.52. The van der Waals surface area contributed by atoms with Crippen LogP contribution in [0.3, 0.4) is 0 Å². The summed E-state index contributed by atoms with van der Waals surface area (Å²) in [5, 5.41) is 6.52. The molecule has 0 aromatic carbocycles. The van der Waals surface area contributed by atoms with Crippen molar-refractivity contribution in [2.75, 3.05) is 11.1 Å². The number of rotatable bonds is 2. The molecule has 94 valence electrons. The molecule has 0 unspecified atom stereocenters. The molecule has 0 saturated heterocycles. The summed E-state index contributed by atoms with van der Waals surface area (Å²) in [5.41, 5.74) is 7.62. The fourth-order valence-electron chi connectivity index (χ4n) is 1.34. The molecule has 0 spiro atoms. The smallest absolute Gasteiger partial charge is 0.260 e. The highest BCUT2D eigenvalue weighted by Gasteiger charge is 2.15. The lowest BCUT2D eigenvalue weighted by molar-refractivity contribution is 0.102. The van der Waals surface area contributed by atoms with E-state index in [1.165, 1.54) is 12.3 Å². The number of carbonyl (C=O) groups excluding carboxylic acids is 1. The second kappa shape index (κ2) is 4.66. The Balaban J connectivity index is 2.27. The Morgan fingerprint density at radius 1 is 1.50 bits per heavy atom. The van der Waals surface area contributed by atoms with Gasteiger partial charge in [0.2, 0.25) is 5.88 Å². The number of hydrogen-bond donors (Lipinski definition) is 2. The molecule has 0 aliphatic heterocycles.